The van der Waals surface area contributed by atoms with Crippen molar-refractivity contribution in [1.82, 2.24) is 0 Å². The zero-order chi connectivity index (χ0) is 24.8. The van der Waals surface area contributed by atoms with Gasteiger partial charge in [0.25, 0.3) is 7.82 Å². The number of halogens is 3. The standard InChI is InChI=1S/C22H44F3O7P.Li/c1-2-3-4-5-6-7-8-9-10-11-12-13-14-15-16-29-17-21(18-30-19-22(23,24)25)32-33(27,28)31-20-26;/h21,26H,2-20H2,1H3,(H,27,28);/q;+1/p-1. The van der Waals surface area contributed by atoms with Gasteiger partial charge in [0.1, 0.15) is 12.7 Å². The Bertz CT molecular complexity index is 488. The van der Waals surface area contributed by atoms with Gasteiger partial charge in [0.2, 0.25) is 0 Å². The second kappa shape index (κ2) is 23.8. The third-order valence-electron chi connectivity index (χ3n) is 5.01. The summed E-state index contributed by atoms with van der Waals surface area (Å²) in [6, 6.07) is 0. The van der Waals surface area contributed by atoms with Gasteiger partial charge in [-0.25, -0.2) is 0 Å². The molecule has 0 spiro atoms. The van der Waals surface area contributed by atoms with Gasteiger partial charge < -0.3 is 24.0 Å². The number of rotatable bonds is 24. The maximum absolute atomic E-state index is 12.2. The van der Waals surface area contributed by atoms with Crippen molar-refractivity contribution in [3.8, 4) is 0 Å². The summed E-state index contributed by atoms with van der Waals surface area (Å²) in [4.78, 5) is 11.5. The van der Waals surface area contributed by atoms with E-state index in [9.17, 15) is 22.6 Å². The van der Waals surface area contributed by atoms with Crippen molar-refractivity contribution in [2.75, 3.05) is 33.2 Å². The Morgan fingerprint density at radius 3 is 1.71 bits per heavy atom. The molecule has 12 heteroatoms. The second-order valence-corrected chi connectivity index (χ2v) is 9.60. The van der Waals surface area contributed by atoms with Crippen LogP contribution in [-0.4, -0.2) is 50.6 Å². The largest absolute Gasteiger partial charge is 1.00 e. The van der Waals surface area contributed by atoms with Crippen LogP contribution < -0.4 is 23.8 Å². The Balaban J connectivity index is 0. The number of aliphatic hydroxyl groups excluding tert-OH is 1. The number of alkyl halides is 3. The molecule has 0 aliphatic carbocycles. The molecule has 0 aromatic rings. The molecule has 2 unspecified atom stereocenters. The van der Waals surface area contributed by atoms with Crippen molar-refractivity contribution in [3.05, 3.63) is 0 Å². The summed E-state index contributed by atoms with van der Waals surface area (Å²) in [5, 5.41) is 8.54. The molecule has 200 valence electrons. The van der Waals surface area contributed by atoms with Crippen molar-refractivity contribution < 1.29 is 65.1 Å². The predicted octanol–water partition coefficient (Wildman–Crippen LogP) is 2.89. The quantitative estimate of drug-likeness (QED) is 0.0916. The Kier molecular flexibility index (Phi) is 25.5. The van der Waals surface area contributed by atoms with Gasteiger partial charge in [-0.15, -0.1) is 0 Å². The summed E-state index contributed by atoms with van der Waals surface area (Å²) in [5.41, 5.74) is 0. The molecule has 0 amide bonds. The minimum atomic E-state index is -4.86. The van der Waals surface area contributed by atoms with Crippen LogP contribution in [0, 0.1) is 0 Å². The number of unbranched alkanes of at least 4 members (excludes halogenated alkanes) is 13. The minimum absolute atomic E-state index is 0. The van der Waals surface area contributed by atoms with Crippen molar-refractivity contribution in [1.29, 1.82) is 0 Å². The van der Waals surface area contributed by atoms with Crippen molar-refractivity contribution in [2.45, 2.75) is 109 Å². The average Bonchev–Trinajstić information content (AvgIpc) is 2.72. The van der Waals surface area contributed by atoms with Gasteiger partial charge in [0.15, 0.2) is 6.79 Å². The van der Waals surface area contributed by atoms with Gasteiger partial charge in [-0.05, 0) is 6.42 Å². The topological polar surface area (TPSA) is 97.3 Å². The third-order valence-corrected chi connectivity index (χ3v) is 6.00. The normalized spacial score (nSPS) is 14.5. The molecule has 0 aliphatic heterocycles. The Hall–Kier alpha value is 0.377. The second-order valence-electron chi connectivity index (χ2n) is 8.23. The minimum Gasteiger partial charge on any atom is -0.756 e. The molecule has 34 heavy (non-hydrogen) atoms. The van der Waals surface area contributed by atoms with E-state index in [1.165, 1.54) is 64.2 Å². The molecule has 2 atom stereocenters. The first-order valence-corrected chi connectivity index (χ1v) is 13.6. The Morgan fingerprint density at radius 1 is 0.824 bits per heavy atom. The molecule has 1 N–H and O–H groups in total. The molecule has 7 nitrogen and oxygen atoms in total. The number of phosphoric ester groups is 1. The van der Waals surface area contributed by atoms with Gasteiger partial charge in [-0.2, -0.15) is 13.2 Å². The van der Waals surface area contributed by atoms with E-state index in [2.05, 4.69) is 20.7 Å². The summed E-state index contributed by atoms with van der Waals surface area (Å²) in [6.45, 7) is -1.00. The van der Waals surface area contributed by atoms with Crippen molar-refractivity contribution in [3.63, 3.8) is 0 Å². The fraction of sp³-hybridized carbons (Fsp3) is 1.00. The summed E-state index contributed by atoms with van der Waals surface area (Å²) in [6.07, 6.45) is 11.2. The maximum atomic E-state index is 12.2. The SMILES string of the molecule is CCCCCCCCCCCCCCCCOCC(COCC(F)(F)F)OP(=O)([O-])OCO.[Li+]. The van der Waals surface area contributed by atoms with Crippen LogP contribution in [0.4, 0.5) is 13.2 Å². The van der Waals surface area contributed by atoms with Crippen LogP contribution in [0.25, 0.3) is 0 Å². The Labute approximate surface area is 215 Å². The molecule has 0 rings (SSSR count). The molecule has 0 aromatic carbocycles. The average molecular weight is 514 g/mol. The van der Waals surface area contributed by atoms with Crippen LogP contribution in [-0.2, 0) is 23.1 Å². The molecule has 0 aromatic heterocycles. The molecule has 0 bridgehead atoms. The third kappa shape index (κ3) is 27.0. The van der Waals surface area contributed by atoms with Gasteiger partial charge >= 0.3 is 25.0 Å². The molecular weight excluding hydrogens is 471 g/mol. The van der Waals surface area contributed by atoms with Gasteiger partial charge in [0, 0.05) is 6.61 Å². The smallest absolute Gasteiger partial charge is 0.756 e. The molecule has 0 saturated carbocycles. The van der Waals surface area contributed by atoms with E-state index in [-0.39, 0.29) is 25.5 Å². The van der Waals surface area contributed by atoms with E-state index >= 15 is 0 Å². The number of hydrogen-bond acceptors (Lipinski definition) is 7. The van der Waals surface area contributed by atoms with Crippen LogP contribution in [0.1, 0.15) is 96.8 Å². The number of hydrogen-bond donors (Lipinski definition) is 1. The van der Waals surface area contributed by atoms with Crippen LogP contribution in [0.15, 0.2) is 0 Å². The zero-order valence-corrected chi connectivity index (χ0v) is 21.9. The monoisotopic (exact) mass is 514 g/mol. The molecule has 0 radical (unpaired) electrons. The molecule has 0 heterocycles. The first kappa shape index (κ1) is 36.5. The number of aliphatic hydroxyl groups is 1. The van der Waals surface area contributed by atoms with Crippen LogP contribution >= 0.6 is 7.82 Å². The predicted molar refractivity (Wildman–Crippen MR) is 119 cm³/mol. The first-order valence-electron chi connectivity index (χ1n) is 12.2. The van der Waals surface area contributed by atoms with E-state index in [0.29, 0.717) is 6.61 Å². The first-order chi connectivity index (χ1) is 15.7. The van der Waals surface area contributed by atoms with Gasteiger partial charge in [0.05, 0.1) is 13.2 Å². The molecule has 0 aliphatic rings. The summed E-state index contributed by atoms with van der Waals surface area (Å²) >= 11 is 0. The van der Waals surface area contributed by atoms with E-state index in [4.69, 9.17) is 9.84 Å². The van der Waals surface area contributed by atoms with E-state index < -0.39 is 40.1 Å². The summed E-state index contributed by atoms with van der Waals surface area (Å²) in [7, 11) is -4.86. The van der Waals surface area contributed by atoms with Crippen LogP contribution in [0.2, 0.25) is 0 Å². The molecule has 0 saturated heterocycles. The number of ether oxygens (including phenoxy) is 2. The number of phosphoric acid groups is 1. The fourth-order valence-corrected chi connectivity index (χ4v) is 4.00. The van der Waals surface area contributed by atoms with E-state index in [1.807, 2.05) is 0 Å². The summed E-state index contributed by atoms with van der Waals surface area (Å²) in [5.74, 6) is 0. The van der Waals surface area contributed by atoms with Crippen LogP contribution in [0.3, 0.4) is 0 Å². The van der Waals surface area contributed by atoms with Crippen molar-refractivity contribution in [2.24, 2.45) is 0 Å². The van der Waals surface area contributed by atoms with Gasteiger partial charge in [-0.3, -0.25) is 9.09 Å². The van der Waals surface area contributed by atoms with Gasteiger partial charge in [-0.1, -0.05) is 90.4 Å². The van der Waals surface area contributed by atoms with E-state index in [1.54, 1.807) is 0 Å². The molecular formula is C22H43F3LiO7P. The zero-order valence-electron chi connectivity index (χ0n) is 21.0. The maximum Gasteiger partial charge on any atom is 1.00 e. The van der Waals surface area contributed by atoms with E-state index in [0.717, 1.165) is 25.7 Å². The van der Waals surface area contributed by atoms with Crippen molar-refractivity contribution >= 4 is 7.82 Å². The Morgan fingerprint density at radius 2 is 1.26 bits per heavy atom. The van der Waals surface area contributed by atoms with Crippen LogP contribution in [0.5, 0.6) is 0 Å². The molecule has 0 fully saturated rings. The fourth-order valence-electron chi connectivity index (χ4n) is 3.31. The summed E-state index contributed by atoms with van der Waals surface area (Å²) < 4.78 is 66.5.